The second-order valence-corrected chi connectivity index (χ2v) is 4.54. The summed E-state index contributed by atoms with van der Waals surface area (Å²) in [5.41, 5.74) is 1.87. The molecule has 0 aliphatic carbocycles. The van der Waals surface area contributed by atoms with E-state index >= 15 is 0 Å². The molecule has 1 heterocycles. The minimum absolute atomic E-state index is 0.193. The van der Waals surface area contributed by atoms with Gasteiger partial charge in [0.05, 0.1) is 11.8 Å². The van der Waals surface area contributed by atoms with Crippen LogP contribution in [0.4, 0.5) is 5.69 Å². The molecule has 0 unspecified atom stereocenters. The predicted molar refractivity (Wildman–Crippen MR) is 76.9 cm³/mol. The van der Waals surface area contributed by atoms with E-state index in [-0.39, 0.29) is 11.7 Å². The number of amides is 1. The lowest BCUT2D eigenvalue weighted by molar-refractivity contribution is 0.102. The van der Waals surface area contributed by atoms with Gasteiger partial charge in [-0.3, -0.25) is 9.89 Å². The van der Waals surface area contributed by atoms with Gasteiger partial charge in [-0.05, 0) is 19.1 Å². The number of hydrogen-bond acceptors (Lipinski definition) is 3. The predicted octanol–water partition coefficient (Wildman–Crippen LogP) is 2.83. The first-order chi connectivity index (χ1) is 9.66. The number of carbonyl (C=O) groups is 1. The molecule has 0 spiro atoms. The minimum Gasteiger partial charge on any atom is -0.507 e. The molecular formula is C15H13N3O2. The average Bonchev–Trinajstić information content (AvgIpc) is 2.86. The van der Waals surface area contributed by atoms with Crippen molar-refractivity contribution >= 4 is 22.4 Å². The molecule has 100 valence electrons. The van der Waals surface area contributed by atoms with Crippen LogP contribution < -0.4 is 5.32 Å². The Morgan fingerprint density at radius 2 is 1.95 bits per heavy atom. The zero-order chi connectivity index (χ0) is 14.1. The molecule has 0 fully saturated rings. The van der Waals surface area contributed by atoms with Crippen LogP contribution in [0.5, 0.6) is 5.75 Å². The maximum atomic E-state index is 12.2. The molecule has 0 bridgehead atoms. The number of phenols is 1. The van der Waals surface area contributed by atoms with Crippen molar-refractivity contribution in [2.75, 3.05) is 5.32 Å². The highest BCUT2D eigenvalue weighted by Gasteiger charge is 2.12. The molecule has 3 rings (SSSR count). The number of fused-ring (bicyclic) bond motifs is 1. The standard InChI is InChI=1S/C15H13N3O2/c1-9-12(8-16-18-9)15(20)17-13-6-2-5-11-10(13)4-3-7-14(11)19/h2-8,19H,1H3,(H,16,18)(H,17,20). The summed E-state index contributed by atoms with van der Waals surface area (Å²) in [6.45, 7) is 1.79. The summed E-state index contributed by atoms with van der Waals surface area (Å²) in [6.07, 6.45) is 1.49. The Bertz CT molecular complexity index is 793. The van der Waals surface area contributed by atoms with Crippen molar-refractivity contribution < 1.29 is 9.90 Å². The van der Waals surface area contributed by atoms with Gasteiger partial charge in [0.2, 0.25) is 0 Å². The number of aryl methyl sites for hydroxylation is 1. The molecule has 2 aromatic carbocycles. The fraction of sp³-hybridized carbons (Fsp3) is 0.0667. The van der Waals surface area contributed by atoms with Crippen molar-refractivity contribution in [3.8, 4) is 5.75 Å². The Morgan fingerprint density at radius 3 is 2.70 bits per heavy atom. The Hall–Kier alpha value is -2.82. The van der Waals surface area contributed by atoms with Crippen molar-refractivity contribution in [3.05, 3.63) is 53.9 Å². The lowest BCUT2D eigenvalue weighted by atomic mass is 10.1. The zero-order valence-electron chi connectivity index (χ0n) is 10.8. The van der Waals surface area contributed by atoms with Gasteiger partial charge in [0.1, 0.15) is 5.75 Å². The number of aromatic hydroxyl groups is 1. The molecule has 0 radical (unpaired) electrons. The van der Waals surface area contributed by atoms with Crippen LogP contribution in [0.15, 0.2) is 42.6 Å². The maximum absolute atomic E-state index is 12.2. The first kappa shape index (κ1) is 12.2. The molecule has 1 amide bonds. The van der Waals surface area contributed by atoms with Gasteiger partial charge < -0.3 is 10.4 Å². The topological polar surface area (TPSA) is 78.0 Å². The highest BCUT2D eigenvalue weighted by Crippen LogP contribution is 2.30. The number of aromatic nitrogens is 2. The van der Waals surface area contributed by atoms with Crippen molar-refractivity contribution in [1.29, 1.82) is 0 Å². The first-order valence-electron chi connectivity index (χ1n) is 6.19. The Labute approximate surface area is 115 Å². The maximum Gasteiger partial charge on any atom is 0.259 e. The SMILES string of the molecule is Cc1[nH]ncc1C(=O)Nc1cccc2c(O)cccc12. The normalized spacial score (nSPS) is 10.7. The van der Waals surface area contributed by atoms with Gasteiger partial charge in [-0.25, -0.2) is 0 Å². The molecule has 0 atom stereocenters. The monoisotopic (exact) mass is 267 g/mol. The zero-order valence-corrected chi connectivity index (χ0v) is 10.8. The minimum atomic E-state index is -0.230. The molecule has 0 aliphatic heterocycles. The van der Waals surface area contributed by atoms with E-state index in [0.717, 1.165) is 5.39 Å². The van der Waals surface area contributed by atoms with E-state index in [1.54, 1.807) is 31.2 Å². The van der Waals surface area contributed by atoms with Crippen LogP contribution in [-0.4, -0.2) is 21.2 Å². The molecule has 1 aromatic heterocycles. The number of hydrogen-bond donors (Lipinski definition) is 3. The number of rotatable bonds is 2. The highest BCUT2D eigenvalue weighted by molar-refractivity contribution is 6.10. The van der Waals surface area contributed by atoms with Crippen molar-refractivity contribution in [2.45, 2.75) is 6.92 Å². The number of nitrogens with zero attached hydrogens (tertiary/aromatic N) is 1. The fourth-order valence-electron chi connectivity index (χ4n) is 2.17. The van der Waals surface area contributed by atoms with Gasteiger partial charge in [-0.15, -0.1) is 0 Å². The first-order valence-corrected chi connectivity index (χ1v) is 6.19. The third-order valence-electron chi connectivity index (χ3n) is 3.22. The van der Waals surface area contributed by atoms with Crippen LogP contribution in [0.2, 0.25) is 0 Å². The van der Waals surface area contributed by atoms with Gasteiger partial charge >= 0.3 is 0 Å². The summed E-state index contributed by atoms with van der Waals surface area (Å²) in [4.78, 5) is 12.2. The second kappa shape index (κ2) is 4.70. The van der Waals surface area contributed by atoms with Crippen LogP contribution >= 0.6 is 0 Å². The highest BCUT2D eigenvalue weighted by atomic mass is 16.3. The van der Waals surface area contributed by atoms with Crippen LogP contribution in [-0.2, 0) is 0 Å². The molecule has 0 saturated carbocycles. The van der Waals surface area contributed by atoms with Crippen LogP contribution in [0.1, 0.15) is 16.1 Å². The van der Waals surface area contributed by atoms with Crippen LogP contribution in [0.25, 0.3) is 10.8 Å². The molecule has 0 saturated heterocycles. The number of anilines is 1. The summed E-state index contributed by atoms with van der Waals surface area (Å²) >= 11 is 0. The molecule has 20 heavy (non-hydrogen) atoms. The van der Waals surface area contributed by atoms with E-state index < -0.39 is 0 Å². The van der Waals surface area contributed by atoms with Crippen LogP contribution in [0.3, 0.4) is 0 Å². The molecule has 3 N–H and O–H groups in total. The number of benzene rings is 2. The van der Waals surface area contributed by atoms with E-state index in [1.165, 1.54) is 6.20 Å². The van der Waals surface area contributed by atoms with E-state index in [9.17, 15) is 9.90 Å². The second-order valence-electron chi connectivity index (χ2n) is 4.54. The van der Waals surface area contributed by atoms with Gasteiger partial charge in [-0.2, -0.15) is 5.10 Å². The Morgan fingerprint density at radius 1 is 1.20 bits per heavy atom. The molecular weight excluding hydrogens is 254 g/mol. The van der Waals surface area contributed by atoms with Gasteiger partial charge in [0.25, 0.3) is 5.91 Å². The Kier molecular flexibility index (Phi) is 2.87. The van der Waals surface area contributed by atoms with Gasteiger partial charge in [-0.1, -0.05) is 24.3 Å². The van der Waals surface area contributed by atoms with Crippen LogP contribution in [0, 0.1) is 6.92 Å². The summed E-state index contributed by atoms with van der Waals surface area (Å²) in [5, 5.41) is 20.7. The lowest BCUT2D eigenvalue weighted by Gasteiger charge is -2.09. The molecule has 3 aromatic rings. The average molecular weight is 267 g/mol. The number of nitrogens with one attached hydrogen (secondary N) is 2. The van der Waals surface area contributed by atoms with Gasteiger partial charge in [0.15, 0.2) is 0 Å². The molecule has 5 heteroatoms. The molecule has 0 aliphatic rings. The number of phenolic OH excluding ortho intramolecular Hbond substituents is 1. The summed E-state index contributed by atoms with van der Waals surface area (Å²) in [6, 6.07) is 10.6. The third-order valence-corrected chi connectivity index (χ3v) is 3.22. The summed E-state index contributed by atoms with van der Waals surface area (Å²) < 4.78 is 0. The number of H-pyrrole nitrogens is 1. The van der Waals surface area contributed by atoms with E-state index in [0.29, 0.717) is 22.3 Å². The van der Waals surface area contributed by atoms with Crippen molar-refractivity contribution in [3.63, 3.8) is 0 Å². The number of carbonyl (C=O) groups excluding carboxylic acids is 1. The van der Waals surface area contributed by atoms with Crippen molar-refractivity contribution in [1.82, 2.24) is 10.2 Å². The Balaban J connectivity index is 2.02. The largest absolute Gasteiger partial charge is 0.507 e. The summed E-state index contributed by atoms with van der Waals surface area (Å²) in [5.74, 6) is -0.0369. The third kappa shape index (κ3) is 1.99. The summed E-state index contributed by atoms with van der Waals surface area (Å²) in [7, 11) is 0. The smallest absolute Gasteiger partial charge is 0.259 e. The van der Waals surface area contributed by atoms with Gasteiger partial charge in [0, 0.05) is 22.2 Å². The quantitative estimate of drug-likeness (QED) is 0.668. The molecule has 5 nitrogen and oxygen atoms in total. The fourth-order valence-corrected chi connectivity index (χ4v) is 2.17. The van der Waals surface area contributed by atoms with E-state index in [1.807, 2.05) is 12.1 Å². The number of aromatic amines is 1. The van der Waals surface area contributed by atoms with Crippen molar-refractivity contribution in [2.24, 2.45) is 0 Å². The lowest BCUT2D eigenvalue weighted by Crippen LogP contribution is -2.12. The van der Waals surface area contributed by atoms with E-state index in [4.69, 9.17) is 0 Å². The van der Waals surface area contributed by atoms with E-state index in [2.05, 4.69) is 15.5 Å².